The van der Waals surface area contributed by atoms with Crippen molar-refractivity contribution in [1.29, 1.82) is 0 Å². The molecule has 3 nitrogen and oxygen atoms in total. The lowest BCUT2D eigenvalue weighted by Gasteiger charge is -2.13. The molecule has 0 atom stereocenters. The number of thiazole rings is 1. The molecular weight excluding hydrogens is 256 g/mol. The van der Waals surface area contributed by atoms with Crippen molar-refractivity contribution in [3.05, 3.63) is 16.1 Å². The summed E-state index contributed by atoms with van der Waals surface area (Å²) in [6, 6.07) is 0. The zero-order valence-corrected chi connectivity index (χ0v) is 13.8. The van der Waals surface area contributed by atoms with Crippen molar-refractivity contribution in [2.45, 2.75) is 53.0 Å². The van der Waals surface area contributed by atoms with Crippen molar-refractivity contribution in [2.24, 2.45) is 5.92 Å². The average Bonchev–Trinajstić information content (AvgIpc) is 2.75. The predicted octanol–water partition coefficient (Wildman–Crippen LogP) is 3.59. The van der Waals surface area contributed by atoms with Gasteiger partial charge in [0, 0.05) is 30.6 Å². The molecule has 1 rings (SSSR count). The second-order valence-electron chi connectivity index (χ2n) is 6.39. The first kappa shape index (κ1) is 16.6. The van der Waals surface area contributed by atoms with E-state index in [0.717, 1.165) is 38.4 Å². The highest BCUT2D eigenvalue weighted by Crippen LogP contribution is 2.25. The van der Waals surface area contributed by atoms with Gasteiger partial charge in [0.2, 0.25) is 0 Å². The molecule has 0 radical (unpaired) electrons. The van der Waals surface area contributed by atoms with Crippen molar-refractivity contribution in [3.63, 3.8) is 0 Å². The van der Waals surface area contributed by atoms with Crippen LogP contribution in [0, 0.1) is 5.92 Å². The van der Waals surface area contributed by atoms with Crippen LogP contribution in [0.15, 0.2) is 5.38 Å². The van der Waals surface area contributed by atoms with E-state index >= 15 is 0 Å². The Morgan fingerprint density at radius 3 is 2.68 bits per heavy atom. The van der Waals surface area contributed by atoms with E-state index < -0.39 is 0 Å². The first-order chi connectivity index (χ1) is 8.89. The zero-order valence-electron chi connectivity index (χ0n) is 13.0. The molecule has 19 heavy (non-hydrogen) atoms. The maximum atomic E-state index is 5.54. The van der Waals surface area contributed by atoms with E-state index in [4.69, 9.17) is 4.74 Å². The van der Waals surface area contributed by atoms with Crippen molar-refractivity contribution >= 4 is 11.3 Å². The number of ether oxygens (including phenoxy) is 1. The van der Waals surface area contributed by atoms with Gasteiger partial charge in [0.15, 0.2) is 0 Å². The average molecular weight is 284 g/mol. The van der Waals surface area contributed by atoms with E-state index in [-0.39, 0.29) is 5.41 Å². The fourth-order valence-corrected chi connectivity index (χ4v) is 2.47. The molecule has 0 amide bonds. The van der Waals surface area contributed by atoms with Crippen LogP contribution in [-0.2, 0) is 16.7 Å². The minimum Gasteiger partial charge on any atom is -0.381 e. The van der Waals surface area contributed by atoms with Gasteiger partial charge in [-0.2, -0.15) is 0 Å². The van der Waals surface area contributed by atoms with Crippen molar-refractivity contribution in [3.8, 4) is 0 Å². The van der Waals surface area contributed by atoms with Gasteiger partial charge in [0.1, 0.15) is 0 Å². The number of aromatic nitrogens is 1. The second-order valence-corrected chi connectivity index (χ2v) is 7.25. The summed E-state index contributed by atoms with van der Waals surface area (Å²) in [5.74, 6) is 0.624. The molecule has 0 saturated heterocycles. The number of hydrogen-bond acceptors (Lipinski definition) is 4. The topological polar surface area (TPSA) is 34.1 Å². The number of hydrogen-bond donors (Lipinski definition) is 1. The SMILES string of the molecule is CC(C)COCCCNCc1csc(C(C)(C)C)n1. The summed E-state index contributed by atoms with van der Waals surface area (Å²) in [7, 11) is 0. The van der Waals surface area contributed by atoms with Crippen LogP contribution in [0.3, 0.4) is 0 Å². The van der Waals surface area contributed by atoms with Crippen LogP contribution in [0.5, 0.6) is 0 Å². The second kappa shape index (κ2) is 7.98. The first-order valence-corrected chi connectivity index (χ1v) is 8.01. The van der Waals surface area contributed by atoms with E-state index in [0.29, 0.717) is 5.92 Å². The highest BCUT2D eigenvalue weighted by Gasteiger charge is 2.17. The summed E-state index contributed by atoms with van der Waals surface area (Å²) in [5.41, 5.74) is 1.31. The van der Waals surface area contributed by atoms with Gasteiger partial charge in [0.25, 0.3) is 0 Å². The largest absolute Gasteiger partial charge is 0.381 e. The molecule has 0 bridgehead atoms. The highest BCUT2D eigenvalue weighted by molar-refractivity contribution is 7.09. The van der Waals surface area contributed by atoms with Crippen molar-refractivity contribution < 1.29 is 4.74 Å². The van der Waals surface area contributed by atoms with Gasteiger partial charge in [-0.25, -0.2) is 4.98 Å². The van der Waals surface area contributed by atoms with E-state index in [2.05, 4.69) is 50.3 Å². The van der Waals surface area contributed by atoms with E-state index in [1.807, 2.05) is 0 Å². The Kier molecular flexibility index (Phi) is 6.97. The summed E-state index contributed by atoms with van der Waals surface area (Å²) in [4.78, 5) is 4.66. The fourth-order valence-electron chi connectivity index (χ4n) is 1.57. The van der Waals surface area contributed by atoms with Gasteiger partial charge in [-0.15, -0.1) is 11.3 Å². The predicted molar refractivity (Wildman–Crippen MR) is 82.8 cm³/mol. The third-order valence-corrected chi connectivity index (χ3v) is 3.91. The van der Waals surface area contributed by atoms with Gasteiger partial charge in [-0.05, 0) is 18.9 Å². The molecule has 0 spiro atoms. The first-order valence-electron chi connectivity index (χ1n) is 7.13. The van der Waals surface area contributed by atoms with Crippen LogP contribution in [-0.4, -0.2) is 24.7 Å². The summed E-state index contributed by atoms with van der Waals surface area (Å²) in [6.45, 7) is 14.5. The molecule has 0 aliphatic carbocycles. The molecule has 0 unspecified atom stereocenters. The third kappa shape index (κ3) is 7.04. The van der Waals surface area contributed by atoms with Gasteiger partial charge >= 0.3 is 0 Å². The Bertz CT molecular complexity index is 355. The van der Waals surface area contributed by atoms with Crippen LogP contribution in [0.1, 0.15) is 51.7 Å². The molecule has 0 saturated carbocycles. The normalized spacial score (nSPS) is 12.3. The maximum absolute atomic E-state index is 5.54. The van der Waals surface area contributed by atoms with Crippen LogP contribution in [0.25, 0.3) is 0 Å². The smallest absolute Gasteiger partial charge is 0.0982 e. The minimum absolute atomic E-state index is 0.160. The molecular formula is C15H28N2OS. The molecule has 1 aromatic heterocycles. The quantitative estimate of drug-likeness (QED) is 0.741. The van der Waals surface area contributed by atoms with Gasteiger partial charge < -0.3 is 10.1 Å². The fraction of sp³-hybridized carbons (Fsp3) is 0.800. The minimum atomic E-state index is 0.160. The summed E-state index contributed by atoms with van der Waals surface area (Å²) >= 11 is 1.76. The van der Waals surface area contributed by atoms with Gasteiger partial charge in [0.05, 0.1) is 10.7 Å². The van der Waals surface area contributed by atoms with Crippen LogP contribution in [0.4, 0.5) is 0 Å². The lowest BCUT2D eigenvalue weighted by atomic mass is 9.98. The van der Waals surface area contributed by atoms with E-state index in [1.54, 1.807) is 11.3 Å². The molecule has 110 valence electrons. The lowest BCUT2D eigenvalue weighted by molar-refractivity contribution is 0.108. The maximum Gasteiger partial charge on any atom is 0.0982 e. The zero-order chi connectivity index (χ0) is 14.3. The molecule has 1 aromatic rings. The Morgan fingerprint density at radius 1 is 1.37 bits per heavy atom. The van der Waals surface area contributed by atoms with Crippen LogP contribution < -0.4 is 5.32 Å². The molecule has 0 fully saturated rings. The molecule has 4 heteroatoms. The molecule has 1 heterocycles. The molecule has 0 aliphatic rings. The molecule has 0 aliphatic heterocycles. The number of nitrogens with one attached hydrogen (secondary N) is 1. The van der Waals surface area contributed by atoms with Crippen LogP contribution in [0.2, 0.25) is 0 Å². The van der Waals surface area contributed by atoms with Gasteiger partial charge in [-0.3, -0.25) is 0 Å². The summed E-state index contributed by atoms with van der Waals surface area (Å²) in [5, 5.41) is 6.79. The standard InChI is InChI=1S/C15H28N2OS/c1-12(2)10-18-8-6-7-16-9-13-11-19-14(17-13)15(3,4)5/h11-12,16H,6-10H2,1-5H3. The third-order valence-electron chi connectivity index (χ3n) is 2.59. The molecule has 0 aromatic carbocycles. The van der Waals surface area contributed by atoms with Gasteiger partial charge in [-0.1, -0.05) is 34.6 Å². The van der Waals surface area contributed by atoms with E-state index in [9.17, 15) is 0 Å². The molecule has 1 N–H and O–H groups in total. The lowest BCUT2D eigenvalue weighted by Crippen LogP contribution is -2.17. The van der Waals surface area contributed by atoms with E-state index in [1.165, 1.54) is 5.01 Å². The Balaban J connectivity index is 2.11. The Hall–Kier alpha value is -0.450. The van der Waals surface area contributed by atoms with Crippen molar-refractivity contribution in [1.82, 2.24) is 10.3 Å². The monoisotopic (exact) mass is 284 g/mol. The Morgan fingerprint density at radius 2 is 2.11 bits per heavy atom. The van der Waals surface area contributed by atoms with Crippen LogP contribution >= 0.6 is 11.3 Å². The number of nitrogens with zero attached hydrogens (tertiary/aromatic N) is 1. The number of rotatable bonds is 8. The van der Waals surface area contributed by atoms with Crippen molar-refractivity contribution in [2.75, 3.05) is 19.8 Å². The summed E-state index contributed by atoms with van der Waals surface area (Å²) < 4.78 is 5.54. The highest BCUT2D eigenvalue weighted by atomic mass is 32.1. The summed E-state index contributed by atoms with van der Waals surface area (Å²) in [6.07, 6.45) is 1.06. The Labute approximate surface area is 121 Å².